The van der Waals surface area contributed by atoms with Crippen molar-refractivity contribution in [3.63, 3.8) is 0 Å². The Morgan fingerprint density at radius 3 is 2.93 bits per heavy atom. The fourth-order valence-electron chi connectivity index (χ4n) is 4.08. The number of halogens is 1. The second kappa shape index (κ2) is 8.65. The van der Waals surface area contributed by atoms with Crippen LogP contribution >= 0.6 is 0 Å². The van der Waals surface area contributed by atoms with E-state index in [1.807, 2.05) is 29.2 Å². The first-order valence-corrected chi connectivity index (χ1v) is 10.3. The lowest BCUT2D eigenvalue weighted by molar-refractivity contribution is -0.116. The highest BCUT2D eigenvalue weighted by atomic mass is 19.1. The van der Waals surface area contributed by atoms with Crippen LogP contribution in [-0.4, -0.2) is 40.0 Å². The molecule has 2 N–H and O–H groups in total. The Labute approximate surface area is 174 Å². The van der Waals surface area contributed by atoms with Crippen LogP contribution in [-0.2, 0) is 4.79 Å². The quantitative estimate of drug-likeness (QED) is 0.661. The Balaban J connectivity index is 1.33. The predicted molar refractivity (Wildman–Crippen MR) is 114 cm³/mol. The summed E-state index contributed by atoms with van der Waals surface area (Å²) < 4.78 is 13.2. The minimum absolute atomic E-state index is 0.0662. The number of carbonyl (C=O) groups excluding carboxylic acids is 2. The second-order valence-corrected chi connectivity index (χ2v) is 7.92. The Kier molecular flexibility index (Phi) is 5.79. The first-order valence-electron chi connectivity index (χ1n) is 10.3. The van der Waals surface area contributed by atoms with Gasteiger partial charge in [-0.05, 0) is 61.9 Å². The first kappa shape index (κ1) is 20.1. The number of hydrogen-bond donors (Lipinski definition) is 2. The van der Waals surface area contributed by atoms with Gasteiger partial charge in [-0.15, -0.1) is 0 Å². The van der Waals surface area contributed by atoms with Gasteiger partial charge in [-0.2, -0.15) is 5.10 Å². The molecule has 2 amide bonds. The third-order valence-corrected chi connectivity index (χ3v) is 5.72. The van der Waals surface area contributed by atoms with Gasteiger partial charge in [0, 0.05) is 30.6 Å². The molecular formula is C23H25FN4O2. The number of nitrogens with one attached hydrogen (secondary N) is 2. The number of para-hydroxylation sites is 1. The van der Waals surface area contributed by atoms with Gasteiger partial charge in [-0.25, -0.2) is 4.39 Å². The van der Waals surface area contributed by atoms with Crippen molar-refractivity contribution in [3.8, 4) is 0 Å². The monoisotopic (exact) mass is 408 g/mol. The molecule has 1 aromatic heterocycles. The maximum Gasteiger partial charge on any atom is 0.275 e. The fraction of sp³-hybridized carbons (Fsp3) is 0.348. The normalized spacial score (nSPS) is 16.6. The molecule has 0 saturated carbocycles. The molecule has 0 radical (unpaired) electrons. The fourth-order valence-corrected chi connectivity index (χ4v) is 4.08. The van der Waals surface area contributed by atoms with Crippen LogP contribution in [0.3, 0.4) is 0 Å². The Hall–Kier alpha value is -3.22. The number of rotatable bonds is 5. The zero-order valence-corrected chi connectivity index (χ0v) is 17.0. The van der Waals surface area contributed by atoms with Gasteiger partial charge < -0.3 is 10.2 Å². The SMILES string of the molecule is Cc1cc(F)ccc1NC(=O)CC[C@@H]1CCCN(C(=O)c2n[nH]c3ccccc23)C1. The van der Waals surface area contributed by atoms with Crippen LogP contribution in [0.15, 0.2) is 42.5 Å². The number of piperidine rings is 1. The first-order chi connectivity index (χ1) is 14.5. The number of benzene rings is 2. The summed E-state index contributed by atoms with van der Waals surface area (Å²) in [5.41, 5.74) is 2.63. The summed E-state index contributed by atoms with van der Waals surface area (Å²) in [4.78, 5) is 27.2. The van der Waals surface area contributed by atoms with Crippen LogP contribution in [0.25, 0.3) is 10.9 Å². The molecule has 1 atom stereocenters. The Bertz CT molecular complexity index is 1080. The van der Waals surface area contributed by atoms with Gasteiger partial charge in [-0.1, -0.05) is 18.2 Å². The van der Waals surface area contributed by atoms with Crippen LogP contribution in [0.1, 0.15) is 41.7 Å². The topological polar surface area (TPSA) is 78.1 Å². The minimum atomic E-state index is -0.317. The van der Waals surface area contributed by atoms with E-state index in [2.05, 4.69) is 15.5 Å². The van der Waals surface area contributed by atoms with Crippen molar-refractivity contribution >= 4 is 28.4 Å². The van der Waals surface area contributed by atoms with Crippen molar-refractivity contribution in [2.75, 3.05) is 18.4 Å². The number of H-pyrrole nitrogens is 1. The van der Waals surface area contributed by atoms with Crippen molar-refractivity contribution in [2.45, 2.75) is 32.6 Å². The molecule has 0 spiro atoms. The van der Waals surface area contributed by atoms with Gasteiger partial charge in [0.2, 0.25) is 5.91 Å². The van der Waals surface area contributed by atoms with Gasteiger partial charge in [0.1, 0.15) is 5.82 Å². The molecule has 30 heavy (non-hydrogen) atoms. The number of fused-ring (bicyclic) bond motifs is 1. The van der Waals surface area contributed by atoms with E-state index in [9.17, 15) is 14.0 Å². The third-order valence-electron chi connectivity index (χ3n) is 5.72. The average Bonchev–Trinajstić information content (AvgIpc) is 3.18. The number of aryl methyl sites for hydroxylation is 1. The largest absolute Gasteiger partial charge is 0.337 e. The van der Waals surface area contributed by atoms with E-state index >= 15 is 0 Å². The van der Waals surface area contributed by atoms with Crippen molar-refractivity contribution < 1.29 is 14.0 Å². The zero-order chi connectivity index (χ0) is 21.1. The molecule has 2 aromatic carbocycles. The van der Waals surface area contributed by atoms with Crippen LogP contribution in [0.4, 0.5) is 10.1 Å². The number of nitrogens with zero attached hydrogens (tertiary/aromatic N) is 2. The summed E-state index contributed by atoms with van der Waals surface area (Å²) in [5, 5.41) is 10.8. The highest BCUT2D eigenvalue weighted by Gasteiger charge is 2.27. The number of hydrogen-bond acceptors (Lipinski definition) is 3. The van der Waals surface area contributed by atoms with Gasteiger partial charge >= 0.3 is 0 Å². The van der Waals surface area contributed by atoms with E-state index in [0.717, 1.165) is 23.7 Å². The molecule has 1 fully saturated rings. The molecule has 0 unspecified atom stereocenters. The molecule has 2 heterocycles. The van der Waals surface area contributed by atoms with E-state index in [1.54, 1.807) is 13.0 Å². The number of amides is 2. The molecule has 1 aliphatic heterocycles. The summed E-state index contributed by atoms with van der Waals surface area (Å²) in [6.07, 6.45) is 2.98. The summed E-state index contributed by atoms with van der Waals surface area (Å²) in [7, 11) is 0. The molecule has 1 aliphatic rings. The van der Waals surface area contributed by atoms with Crippen LogP contribution < -0.4 is 5.32 Å². The van der Waals surface area contributed by atoms with Crippen molar-refractivity contribution in [1.82, 2.24) is 15.1 Å². The number of aromatic amines is 1. The Morgan fingerprint density at radius 2 is 2.10 bits per heavy atom. The lowest BCUT2D eigenvalue weighted by Crippen LogP contribution is -2.40. The summed E-state index contributed by atoms with van der Waals surface area (Å²) in [6.45, 7) is 3.10. The molecule has 1 saturated heterocycles. The van der Waals surface area contributed by atoms with Gasteiger partial charge in [0.15, 0.2) is 5.69 Å². The van der Waals surface area contributed by atoms with E-state index in [1.165, 1.54) is 12.1 Å². The van der Waals surface area contributed by atoms with Gasteiger partial charge in [0.05, 0.1) is 5.52 Å². The summed E-state index contributed by atoms with van der Waals surface area (Å²) in [6, 6.07) is 11.9. The molecule has 0 aliphatic carbocycles. The lowest BCUT2D eigenvalue weighted by Gasteiger charge is -2.32. The lowest BCUT2D eigenvalue weighted by atomic mass is 9.93. The van der Waals surface area contributed by atoms with Crippen LogP contribution in [0, 0.1) is 18.7 Å². The standard InChI is InChI=1S/C23H25FN4O2/c1-15-13-17(24)9-10-19(15)25-21(29)11-8-16-5-4-12-28(14-16)23(30)22-18-6-2-3-7-20(18)26-27-22/h2-3,6-7,9-10,13,16H,4-5,8,11-12,14H2,1H3,(H,25,29)(H,26,27)/t16-/m0/s1. The van der Waals surface area contributed by atoms with Gasteiger partial charge in [0.25, 0.3) is 5.91 Å². The smallest absolute Gasteiger partial charge is 0.275 e. The average molecular weight is 408 g/mol. The number of anilines is 1. The van der Waals surface area contributed by atoms with Gasteiger partial charge in [-0.3, -0.25) is 14.7 Å². The van der Waals surface area contributed by atoms with Crippen molar-refractivity contribution in [1.29, 1.82) is 0 Å². The number of likely N-dealkylation sites (tertiary alicyclic amines) is 1. The molecule has 6 nitrogen and oxygen atoms in total. The van der Waals surface area contributed by atoms with Crippen LogP contribution in [0.2, 0.25) is 0 Å². The molecular weight excluding hydrogens is 383 g/mol. The molecule has 7 heteroatoms. The molecule has 3 aromatic rings. The van der Waals surface area contributed by atoms with E-state index in [0.29, 0.717) is 42.9 Å². The van der Waals surface area contributed by atoms with E-state index in [4.69, 9.17) is 0 Å². The summed E-state index contributed by atoms with van der Waals surface area (Å²) in [5.74, 6) is -0.204. The predicted octanol–water partition coefficient (Wildman–Crippen LogP) is 4.28. The van der Waals surface area contributed by atoms with E-state index in [-0.39, 0.29) is 23.5 Å². The molecule has 0 bridgehead atoms. The minimum Gasteiger partial charge on any atom is -0.337 e. The maximum absolute atomic E-state index is 13.2. The molecule has 4 rings (SSSR count). The summed E-state index contributed by atoms with van der Waals surface area (Å²) >= 11 is 0. The Morgan fingerprint density at radius 1 is 1.27 bits per heavy atom. The third kappa shape index (κ3) is 4.35. The van der Waals surface area contributed by atoms with Crippen molar-refractivity contribution in [2.24, 2.45) is 5.92 Å². The van der Waals surface area contributed by atoms with Crippen LogP contribution in [0.5, 0.6) is 0 Å². The van der Waals surface area contributed by atoms with Crippen molar-refractivity contribution in [3.05, 3.63) is 59.5 Å². The number of aromatic nitrogens is 2. The number of carbonyl (C=O) groups is 2. The maximum atomic E-state index is 13.2. The highest BCUT2D eigenvalue weighted by Crippen LogP contribution is 2.25. The highest BCUT2D eigenvalue weighted by molar-refractivity contribution is 6.04. The van der Waals surface area contributed by atoms with E-state index < -0.39 is 0 Å². The zero-order valence-electron chi connectivity index (χ0n) is 17.0. The molecule has 156 valence electrons. The second-order valence-electron chi connectivity index (χ2n) is 7.92.